The molecule has 0 aliphatic carbocycles. The van der Waals surface area contributed by atoms with Gasteiger partial charge in [-0.25, -0.2) is 0 Å². The van der Waals surface area contributed by atoms with Crippen molar-refractivity contribution in [1.82, 2.24) is 5.32 Å². The van der Waals surface area contributed by atoms with Gasteiger partial charge in [0, 0.05) is 6.04 Å². The maximum atomic E-state index is 12.5. The number of hydrogen-bond acceptors (Lipinski definition) is 2. The Balaban J connectivity index is 2.05. The van der Waals surface area contributed by atoms with Gasteiger partial charge in [0.25, 0.3) is 0 Å². The monoisotopic (exact) mass is 310 g/mol. The third-order valence-corrected chi connectivity index (χ3v) is 4.24. The minimum Gasteiger partial charge on any atom is -0.349 e. The quantitative estimate of drug-likeness (QED) is 0.882. The zero-order valence-electron chi connectivity index (χ0n) is 14.3. The molecule has 0 aromatic heterocycles. The van der Waals surface area contributed by atoms with Crippen LogP contribution in [0.5, 0.6) is 0 Å². The molecule has 3 heteroatoms. The number of amides is 1. The molecule has 0 aliphatic rings. The third-order valence-electron chi connectivity index (χ3n) is 4.24. The predicted molar refractivity (Wildman–Crippen MR) is 95.0 cm³/mol. The van der Waals surface area contributed by atoms with Crippen LogP contribution in [0.2, 0.25) is 0 Å². The zero-order chi connectivity index (χ0) is 17.0. The second-order valence-electron chi connectivity index (χ2n) is 6.38. The highest BCUT2D eigenvalue weighted by atomic mass is 16.1. The molecule has 2 aromatic carbocycles. The number of aryl methyl sites for hydroxylation is 2. The first kappa shape index (κ1) is 17.2. The van der Waals surface area contributed by atoms with Crippen LogP contribution in [-0.4, -0.2) is 5.91 Å². The van der Waals surface area contributed by atoms with Gasteiger partial charge in [0.2, 0.25) is 5.91 Å². The molecule has 3 nitrogen and oxygen atoms in total. The molecule has 0 saturated carbocycles. The standard InChI is InChI=1S/C20H26N2O/c1-13-10-14(2)12-18(11-13)16(4)22-20(23)15(3)19(21)17-8-6-5-7-9-17/h5-12,15-16,19H,21H2,1-4H3,(H,22,23). The Bertz CT molecular complexity index is 646. The van der Waals surface area contributed by atoms with Crippen molar-refractivity contribution >= 4 is 5.91 Å². The van der Waals surface area contributed by atoms with Crippen molar-refractivity contribution in [1.29, 1.82) is 0 Å². The van der Waals surface area contributed by atoms with Crippen LogP contribution in [0, 0.1) is 19.8 Å². The Morgan fingerprint density at radius 2 is 1.52 bits per heavy atom. The molecule has 0 spiro atoms. The average Bonchev–Trinajstić information content (AvgIpc) is 2.53. The molecule has 2 rings (SSSR count). The summed E-state index contributed by atoms with van der Waals surface area (Å²) in [7, 11) is 0. The van der Waals surface area contributed by atoms with Gasteiger partial charge in [-0.15, -0.1) is 0 Å². The van der Waals surface area contributed by atoms with Gasteiger partial charge >= 0.3 is 0 Å². The van der Waals surface area contributed by atoms with Crippen LogP contribution in [0.3, 0.4) is 0 Å². The van der Waals surface area contributed by atoms with E-state index in [4.69, 9.17) is 5.73 Å². The van der Waals surface area contributed by atoms with Gasteiger partial charge in [-0.3, -0.25) is 4.79 Å². The van der Waals surface area contributed by atoms with E-state index < -0.39 is 0 Å². The van der Waals surface area contributed by atoms with Gasteiger partial charge in [0.1, 0.15) is 0 Å². The number of carbonyl (C=O) groups excluding carboxylic acids is 1. The lowest BCUT2D eigenvalue weighted by Crippen LogP contribution is -2.36. The molecule has 0 radical (unpaired) electrons. The minimum absolute atomic E-state index is 0.0204. The SMILES string of the molecule is Cc1cc(C)cc(C(C)NC(=O)C(C)C(N)c2ccccc2)c1. The van der Waals surface area contributed by atoms with Crippen molar-refractivity contribution in [2.75, 3.05) is 0 Å². The molecular weight excluding hydrogens is 284 g/mol. The van der Waals surface area contributed by atoms with Crippen molar-refractivity contribution < 1.29 is 4.79 Å². The van der Waals surface area contributed by atoms with Gasteiger partial charge in [-0.05, 0) is 31.9 Å². The van der Waals surface area contributed by atoms with E-state index in [0.717, 1.165) is 11.1 Å². The summed E-state index contributed by atoms with van der Waals surface area (Å²) < 4.78 is 0. The van der Waals surface area contributed by atoms with Crippen LogP contribution in [-0.2, 0) is 4.79 Å². The first-order valence-corrected chi connectivity index (χ1v) is 8.07. The molecule has 0 heterocycles. The Hall–Kier alpha value is -2.13. The van der Waals surface area contributed by atoms with E-state index >= 15 is 0 Å². The average molecular weight is 310 g/mol. The first-order chi connectivity index (χ1) is 10.9. The summed E-state index contributed by atoms with van der Waals surface area (Å²) in [6.45, 7) is 8.02. The van der Waals surface area contributed by atoms with Gasteiger partial charge in [0.05, 0.1) is 12.0 Å². The van der Waals surface area contributed by atoms with Crippen LogP contribution in [0.15, 0.2) is 48.5 Å². The summed E-state index contributed by atoms with van der Waals surface area (Å²) in [4.78, 5) is 12.5. The first-order valence-electron chi connectivity index (χ1n) is 8.07. The number of nitrogens with two attached hydrogens (primary N) is 1. The molecule has 0 fully saturated rings. The van der Waals surface area contributed by atoms with Gasteiger partial charge in [-0.1, -0.05) is 66.6 Å². The van der Waals surface area contributed by atoms with Crippen LogP contribution in [0.25, 0.3) is 0 Å². The molecule has 2 aromatic rings. The van der Waals surface area contributed by atoms with E-state index in [1.165, 1.54) is 11.1 Å². The molecule has 1 amide bonds. The Morgan fingerprint density at radius 1 is 0.957 bits per heavy atom. The summed E-state index contributed by atoms with van der Waals surface area (Å²) in [5.74, 6) is -0.307. The molecular formula is C20H26N2O. The molecule has 23 heavy (non-hydrogen) atoms. The van der Waals surface area contributed by atoms with E-state index in [2.05, 4.69) is 37.4 Å². The number of nitrogens with one attached hydrogen (secondary N) is 1. The van der Waals surface area contributed by atoms with Crippen LogP contribution in [0.1, 0.15) is 48.2 Å². The number of carbonyl (C=O) groups is 1. The predicted octanol–water partition coefficient (Wildman–Crippen LogP) is 3.82. The molecule has 0 bridgehead atoms. The molecule has 3 N–H and O–H groups in total. The fourth-order valence-corrected chi connectivity index (χ4v) is 2.82. The van der Waals surface area contributed by atoms with E-state index in [1.807, 2.05) is 44.2 Å². The van der Waals surface area contributed by atoms with E-state index in [0.29, 0.717) is 0 Å². The number of rotatable bonds is 5. The van der Waals surface area contributed by atoms with E-state index in [1.54, 1.807) is 0 Å². The van der Waals surface area contributed by atoms with E-state index in [-0.39, 0.29) is 23.9 Å². The summed E-state index contributed by atoms with van der Waals surface area (Å²) in [5.41, 5.74) is 10.8. The second-order valence-corrected chi connectivity index (χ2v) is 6.38. The molecule has 122 valence electrons. The van der Waals surface area contributed by atoms with Crippen LogP contribution < -0.4 is 11.1 Å². The van der Waals surface area contributed by atoms with Crippen molar-refractivity contribution in [2.45, 2.75) is 39.8 Å². The maximum Gasteiger partial charge on any atom is 0.225 e. The largest absolute Gasteiger partial charge is 0.349 e. The Kier molecular flexibility index (Phi) is 5.56. The number of hydrogen-bond donors (Lipinski definition) is 2. The lowest BCUT2D eigenvalue weighted by atomic mass is 9.94. The Labute approximate surface area is 138 Å². The minimum atomic E-state index is -0.303. The summed E-state index contributed by atoms with van der Waals surface area (Å²) in [6.07, 6.45) is 0. The normalized spacial score (nSPS) is 14.8. The van der Waals surface area contributed by atoms with Crippen molar-refractivity contribution in [3.05, 3.63) is 70.8 Å². The van der Waals surface area contributed by atoms with Crippen LogP contribution >= 0.6 is 0 Å². The lowest BCUT2D eigenvalue weighted by molar-refractivity contribution is -0.125. The zero-order valence-corrected chi connectivity index (χ0v) is 14.3. The van der Waals surface area contributed by atoms with Gasteiger partial charge < -0.3 is 11.1 Å². The molecule has 0 aliphatic heterocycles. The van der Waals surface area contributed by atoms with Crippen molar-refractivity contribution in [3.8, 4) is 0 Å². The van der Waals surface area contributed by atoms with Gasteiger partial charge in [0.15, 0.2) is 0 Å². The molecule has 3 unspecified atom stereocenters. The van der Waals surface area contributed by atoms with Crippen molar-refractivity contribution in [2.24, 2.45) is 11.7 Å². The smallest absolute Gasteiger partial charge is 0.225 e. The lowest BCUT2D eigenvalue weighted by Gasteiger charge is -2.23. The summed E-state index contributed by atoms with van der Waals surface area (Å²) in [5, 5.41) is 3.08. The van der Waals surface area contributed by atoms with Crippen molar-refractivity contribution in [3.63, 3.8) is 0 Å². The second kappa shape index (κ2) is 7.42. The third kappa shape index (κ3) is 4.42. The Morgan fingerprint density at radius 3 is 2.09 bits per heavy atom. The maximum absolute atomic E-state index is 12.5. The topological polar surface area (TPSA) is 55.1 Å². The number of benzene rings is 2. The highest BCUT2D eigenvalue weighted by Gasteiger charge is 2.23. The molecule has 3 atom stereocenters. The summed E-state index contributed by atoms with van der Waals surface area (Å²) >= 11 is 0. The fraction of sp³-hybridized carbons (Fsp3) is 0.350. The highest BCUT2D eigenvalue weighted by Crippen LogP contribution is 2.21. The fourth-order valence-electron chi connectivity index (χ4n) is 2.82. The van der Waals surface area contributed by atoms with Crippen LogP contribution in [0.4, 0.5) is 0 Å². The van der Waals surface area contributed by atoms with Gasteiger partial charge in [-0.2, -0.15) is 0 Å². The summed E-state index contributed by atoms with van der Waals surface area (Å²) in [6, 6.07) is 15.8. The van der Waals surface area contributed by atoms with E-state index in [9.17, 15) is 4.79 Å². The highest BCUT2D eigenvalue weighted by molar-refractivity contribution is 5.79. The molecule has 0 saturated heterocycles.